The summed E-state index contributed by atoms with van der Waals surface area (Å²) in [5.74, 6) is -0.598. The van der Waals surface area contributed by atoms with Crippen LogP contribution in [-0.2, 0) is 11.2 Å². The normalized spacial score (nSPS) is 9.14. The van der Waals surface area contributed by atoms with Gasteiger partial charge in [-0.05, 0) is 24.1 Å². The molecule has 1 N–H and O–H groups in total. The van der Waals surface area contributed by atoms with E-state index in [-0.39, 0.29) is 0 Å². The number of amides is 1. The SMILES string of the molecule is N#CC(=O)NCCc1ccc(Cl)cc1. The highest BCUT2D eigenvalue weighted by Crippen LogP contribution is 2.09. The van der Waals surface area contributed by atoms with Crippen molar-refractivity contribution in [2.75, 3.05) is 6.54 Å². The lowest BCUT2D eigenvalue weighted by atomic mass is 10.1. The molecule has 0 bridgehead atoms. The number of nitriles is 1. The van der Waals surface area contributed by atoms with Crippen LogP contribution in [0.5, 0.6) is 0 Å². The topological polar surface area (TPSA) is 52.9 Å². The molecule has 0 fully saturated rings. The number of carbonyl (C=O) groups is 1. The summed E-state index contributed by atoms with van der Waals surface area (Å²) in [5, 5.41) is 11.3. The lowest BCUT2D eigenvalue weighted by Crippen LogP contribution is -2.23. The Bertz CT molecular complexity index is 353. The second-order valence-electron chi connectivity index (χ2n) is 2.74. The molecule has 0 saturated heterocycles. The van der Waals surface area contributed by atoms with Crippen molar-refractivity contribution in [2.45, 2.75) is 6.42 Å². The fourth-order valence-electron chi connectivity index (χ4n) is 1.01. The number of rotatable bonds is 3. The van der Waals surface area contributed by atoms with Crippen LogP contribution in [0.25, 0.3) is 0 Å². The molecule has 1 rings (SSSR count). The van der Waals surface area contributed by atoms with E-state index in [1.807, 2.05) is 12.1 Å². The summed E-state index contributed by atoms with van der Waals surface area (Å²) >= 11 is 5.71. The van der Waals surface area contributed by atoms with Crippen LogP contribution in [0.3, 0.4) is 0 Å². The minimum atomic E-state index is -0.598. The molecule has 0 heterocycles. The van der Waals surface area contributed by atoms with E-state index in [9.17, 15) is 4.79 Å². The third kappa shape index (κ3) is 3.46. The monoisotopic (exact) mass is 208 g/mol. The van der Waals surface area contributed by atoms with Gasteiger partial charge in [0.05, 0.1) is 0 Å². The molecule has 3 nitrogen and oxygen atoms in total. The first-order chi connectivity index (χ1) is 6.72. The Labute approximate surface area is 87.3 Å². The first kappa shape index (κ1) is 10.6. The minimum Gasteiger partial charge on any atom is -0.343 e. The van der Waals surface area contributed by atoms with Gasteiger partial charge in [0.1, 0.15) is 0 Å². The Kier molecular flexibility index (Phi) is 3.96. The predicted molar refractivity (Wildman–Crippen MR) is 53.8 cm³/mol. The Morgan fingerprint density at radius 1 is 1.43 bits per heavy atom. The third-order valence-corrected chi connectivity index (χ3v) is 1.97. The zero-order chi connectivity index (χ0) is 10.4. The maximum atomic E-state index is 10.6. The molecule has 1 aromatic rings. The molecule has 0 saturated carbocycles. The molecule has 0 aliphatic carbocycles. The lowest BCUT2D eigenvalue weighted by molar-refractivity contribution is -0.115. The Balaban J connectivity index is 2.36. The molecule has 14 heavy (non-hydrogen) atoms. The van der Waals surface area contributed by atoms with Crippen molar-refractivity contribution in [1.82, 2.24) is 5.32 Å². The first-order valence-electron chi connectivity index (χ1n) is 4.15. The zero-order valence-corrected chi connectivity index (χ0v) is 8.21. The van der Waals surface area contributed by atoms with Gasteiger partial charge in [-0.15, -0.1) is 0 Å². The van der Waals surface area contributed by atoms with Gasteiger partial charge in [-0.25, -0.2) is 0 Å². The molecule has 0 aliphatic rings. The van der Waals surface area contributed by atoms with Gasteiger partial charge in [0.2, 0.25) is 0 Å². The second kappa shape index (κ2) is 5.25. The summed E-state index contributed by atoms with van der Waals surface area (Å²) < 4.78 is 0. The van der Waals surface area contributed by atoms with Crippen LogP contribution in [0.1, 0.15) is 5.56 Å². The predicted octanol–water partition coefficient (Wildman–Crippen LogP) is 1.52. The van der Waals surface area contributed by atoms with E-state index in [0.717, 1.165) is 5.56 Å². The number of hydrogen-bond donors (Lipinski definition) is 1. The largest absolute Gasteiger partial charge is 0.343 e. The van der Waals surface area contributed by atoms with Gasteiger partial charge in [-0.1, -0.05) is 23.7 Å². The van der Waals surface area contributed by atoms with Crippen LogP contribution in [0.4, 0.5) is 0 Å². The number of benzene rings is 1. The van der Waals surface area contributed by atoms with Gasteiger partial charge in [0.25, 0.3) is 0 Å². The van der Waals surface area contributed by atoms with Crippen LogP contribution in [0, 0.1) is 11.3 Å². The van der Waals surface area contributed by atoms with E-state index in [0.29, 0.717) is 18.0 Å². The molecular weight excluding hydrogens is 200 g/mol. The smallest absolute Gasteiger partial charge is 0.322 e. The Morgan fingerprint density at radius 3 is 2.64 bits per heavy atom. The average Bonchev–Trinajstić information content (AvgIpc) is 2.21. The third-order valence-electron chi connectivity index (χ3n) is 1.71. The van der Waals surface area contributed by atoms with Crippen molar-refractivity contribution in [2.24, 2.45) is 0 Å². The highest BCUT2D eigenvalue weighted by atomic mass is 35.5. The van der Waals surface area contributed by atoms with E-state index in [4.69, 9.17) is 16.9 Å². The van der Waals surface area contributed by atoms with Crippen molar-refractivity contribution >= 4 is 17.5 Å². The summed E-state index contributed by atoms with van der Waals surface area (Å²) in [6, 6.07) is 8.86. The molecule has 4 heteroatoms. The molecule has 1 aromatic carbocycles. The van der Waals surface area contributed by atoms with Crippen LogP contribution < -0.4 is 5.32 Å². The van der Waals surface area contributed by atoms with Crippen LogP contribution >= 0.6 is 11.6 Å². The molecular formula is C10H9ClN2O. The second-order valence-corrected chi connectivity index (χ2v) is 3.18. The molecule has 0 aromatic heterocycles. The van der Waals surface area contributed by atoms with E-state index < -0.39 is 5.91 Å². The number of halogens is 1. The number of nitrogens with one attached hydrogen (secondary N) is 1. The number of hydrogen-bond acceptors (Lipinski definition) is 2. The minimum absolute atomic E-state index is 0.466. The highest BCUT2D eigenvalue weighted by Gasteiger charge is 1.97. The van der Waals surface area contributed by atoms with E-state index in [1.165, 1.54) is 6.07 Å². The first-order valence-corrected chi connectivity index (χ1v) is 4.52. The van der Waals surface area contributed by atoms with Gasteiger partial charge < -0.3 is 5.32 Å². The lowest BCUT2D eigenvalue weighted by Gasteiger charge is -2.01. The van der Waals surface area contributed by atoms with Crippen molar-refractivity contribution in [3.8, 4) is 6.07 Å². The number of carbonyl (C=O) groups excluding carboxylic acids is 1. The molecule has 0 unspecified atom stereocenters. The highest BCUT2D eigenvalue weighted by molar-refractivity contribution is 6.30. The summed E-state index contributed by atoms with van der Waals surface area (Å²) in [6.45, 7) is 0.466. The van der Waals surface area contributed by atoms with Gasteiger partial charge >= 0.3 is 5.91 Å². The fraction of sp³-hybridized carbons (Fsp3) is 0.200. The standard InChI is InChI=1S/C10H9ClN2O/c11-9-3-1-8(2-4-9)5-6-13-10(14)7-12/h1-4H,5-6H2,(H,13,14). The van der Waals surface area contributed by atoms with E-state index in [2.05, 4.69) is 5.32 Å². The quantitative estimate of drug-likeness (QED) is 0.766. The molecule has 1 amide bonds. The fourth-order valence-corrected chi connectivity index (χ4v) is 1.14. The van der Waals surface area contributed by atoms with Crippen molar-refractivity contribution in [3.05, 3.63) is 34.9 Å². The average molecular weight is 209 g/mol. The van der Waals surface area contributed by atoms with Crippen LogP contribution in [0.15, 0.2) is 24.3 Å². The maximum absolute atomic E-state index is 10.6. The van der Waals surface area contributed by atoms with Gasteiger partial charge in [-0.3, -0.25) is 4.79 Å². The van der Waals surface area contributed by atoms with E-state index in [1.54, 1.807) is 12.1 Å². The van der Waals surface area contributed by atoms with Gasteiger partial charge in [0.15, 0.2) is 6.07 Å². The van der Waals surface area contributed by atoms with Gasteiger partial charge in [0, 0.05) is 11.6 Å². The van der Waals surface area contributed by atoms with Gasteiger partial charge in [-0.2, -0.15) is 5.26 Å². The summed E-state index contributed by atoms with van der Waals surface area (Å²) in [6.07, 6.45) is 0.699. The zero-order valence-electron chi connectivity index (χ0n) is 7.46. The molecule has 0 aliphatic heterocycles. The van der Waals surface area contributed by atoms with Crippen molar-refractivity contribution < 1.29 is 4.79 Å². The van der Waals surface area contributed by atoms with E-state index >= 15 is 0 Å². The Hall–Kier alpha value is -1.53. The summed E-state index contributed by atoms with van der Waals surface area (Å²) in [7, 11) is 0. The van der Waals surface area contributed by atoms with Crippen LogP contribution in [0.2, 0.25) is 5.02 Å². The molecule has 0 atom stereocenters. The summed E-state index contributed by atoms with van der Waals surface area (Å²) in [5.41, 5.74) is 1.08. The maximum Gasteiger partial charge on any atom is 0.322 e. The summed E-state index contributed by atoms with van der Waals surface area (Å²) in [4.78, 5) is 10.6. The van der Waals surface area contributed by atoms with Crippen molar-refractivity contribution in [1.29, 1.82) is 5.26 Å². The van der Waals surface area contributed by atoms with Crippen molar-refractivity contribution in [3.63, 3.8) is 0 Å². The molecule has 0 radical (unpaired) electrons. The molecule has 0 spiro atoms. The van der Waals surface area contributed by atoms with Crippen LogP contribution in [-0.4, -0.2) is 12.5 Å². The molecule has 72 valence electrons. The number of nitrogens with zero attached hydrogens (tertiary/aromatic N) is 1. The Morgan fingerprint density at radius 2 is 2.07 bits per heavy atom.